The first-order valence-electron chi connectivity index (χ1n) is 7.71. The van der Waals surface area contributed by atoms with E-state index in [1.54, 1.807) is 0 Å². The van der Waals surface area contributed by atoms with E-state index in [-0.39, 0.29) is 17.8 Å². The highest BCUT2D eigenvalue weighted by molar-refractivity contribution is 5.76. The maximum Gasteiger partial charge on any atom is 0.309 e. The third-order valence-corrected chi connectivity index (χ3v) is 5.98. The molecule has 20 heavy (non-hydrogen) atoms. The summed E-state index contributed by atoms with van der Waals surface area (Å²) >= 11 is 0. The average Bonchev–Trinajstić information content (AvgIpc) is 2.86. The van der Waals surface area contributed by atoms with Crippen LogP contribution in [-0.4, -0.2) is 23.6 Å². The van der Waals surface area contributed by atoms with Crippen molar-refractivity contribution >= 4 is 5.97 Å². The third-order valence-electron chi connectivity index (χ3n) is 5.98. The van der Waals surface area contributed by atoms with E-state index in [4.69, 9.17) is 19.2 Å². The van der Waals surface area contributed by atoms with Crippen molar-refractivity contribution < 1.29 is 24.0 Å². The van der Waals surface area contributed by atoms with Gasteiger partial charge in [-0.05, 0) is 32.1 Å². The number of hydrogen-bond donors (Lipinski definition) is 0. The van der Waals surface area contributed by atoms with E-state index >= 15 is 0 Å². The van der Waals surface area contributed by atoms with Crippen molar-refractivity contribution in [2.24, 2.45) is 23.7 Å². The van der Waals surface area contributed by atoms with Crippen LogP contribution in [0.5, 0.6) is 0 Å². The lowest BCUT2D eigenvalue weighted by molar-refractivity contribution is -0.359. The highest BCUT2D eigenvalue weighted by atomic mass is 17.3. The van der Waals surface area contributed by atoms with Gasteiger partial charge in [-0.1, -0.05) is 13.8 Å². The summed E-state index contributed by atoms with van der Waals surface area (Å²) in [5, 5.41) is 0. The second-order valence-electron chi connectivity index (χ2n) is 7.13. The minimum atomic E-state index is -0.695. The predicted molar refractivity (Wildman–Crippen MR) is 68.0 cm³/mol. The van der Waals surface area contributed by atoms with E-state index in [9.17, 15) is 4.79 Å². The van der Waals surface area contributed by atoms with Crippen LogP contribution in [0.15, 0.2) is 0 Å². The Hall–Kier alpha value is -0.650. The van der Waals surface area contributed by atoms with Crippen molar-refractivity contribution in [1.29, 1.82) is 0 Å². The van der Waals surface area contributed by atoms with Crippen LogP contribution in [0, 0.1) is 23.7 Å². The average molecular weight is 282 g/mol. The third kappa shape index (κ3) is 1.46. The zero-order valence-corrected chi connectivity index (χ0v) is 12.3. The molecular weight excluding hydrogens is 260 g/mol. The number of rotatable bonds is 0. The molecule has 1 saturated carbocycles. The minimum Gasteiger partial charge on any atom is -0.453 e. The van der Waals surface area contributed by atoms with Gasteiger partial charge in [-0.3, -0.25) is 4.79 Å². The first-order chi connectivity index (χ1) is 9.46. The topological polar surface area (TPSA) is 54.0 Å². The van der Waals surface area contributed by atoms with Gasteiger partial charge in [-0.2, -0.15) is 9.78 Å². The lowest BCUT2D eigenvalue weighted by Crippen LogP contribution is -2.57. The summed E-state index contributed by atoms with van der Waals surface area (Å²) in [6.07, 6.45) is 3.28. The molecule has 3 saturated heterocycles. The molecule has 0 aromatic carbocycles. The Labute approximate surface area is 118 Å². The van der Waals surface area contributed by atoms with Crippen molar-refractivity contribution in [3.05, 3.63) is 0 Å². The molecule has 0 aromatic heterocycles. The number of ether oxygens (including phenoxy) is 2. The summed E-state index contributed by atoms with van der Waals surface area (Å²) in [6.45, 7) is 6.12. The van der Waals surface area contributed by atoms with Crippen molar-refractivity contribution in [2.75, 3.05) is 0 Å². The smallest absolute Gasteiger partial charge is 0.309 e. The fraction of sp³-hybridized carbons (Fsp3) is 0.933. The van der Waals surface area contributed by atoms with Crippen LogP contribution in [0.2, 0.25) is 0 Å². The molecule has 7 atom stereocenters. The molecule has 5 heteroatoms. The summed E-state index contributed by atoms with van der Waals surface area (Å²) in [5.74, 6) is 0.0915. The van der Waals surface area contributed by atoms with E-state index in [0.717, 1.165) is 25.7 Å². The Balaban J connectivity index is 1.82. The highest BCUT2D eigenvalue weighted by Gasteiger charge is 2.70. The Bertz CT molecular complexity index is 452. The molecule has 4 rings (SSSR count). The van der Waals surface area contributed by atoms with Gasteiger partial charge in [0.25, 0.3) is 0 Å². The van der Waals surface area contributed by atoms with Gasteiger partial charge in [0.15, 0.2) is 5.60 Å². The van der Waals surface area contributed by atoms with Gasteiger partial charge in [0.05, 0.1) is 5.92 Å². The molecule has 0 aromatic rings. The maximum absolute atomic E-state index is 12.2. The number of esters is 1. The van der Waals surface area contributed by atoms with Gasteiger partial charge >= 0.3 is 5.97 Å². The van der Waals surface area contributed by atoms with Gasteiger partial charge in [0, 0.05) is 18.3 Å². The number of hydrogen-bond acceptors (Lipinski definition) is 5. The molecule has 4 aliphatic rings. The normalized spacial score (nSPS) is 57.8. The van der Waals surface area contributed by atoms with Crippen molar-refractivity contribution in [1.82, 2.24) is 0 Å². The monoisotopic (exact) mass is 282 g/mol. The van der Waals surface area contributed by atoms with Crippen LogP contribution in [0.3, 0.4) is 0 Å². The molecule has 0 radical (unpaired) electrons. The molecule has 1 spiro atoms. The molecule has 112 valence electrons. The van der Waals surface area contributed by atoms with Crippen LogP contribution in [0.4, 0.5) is 0 Å². The SMILES string of the molecule is C[C@@H]1CC[C@H]2[C@@H](C)C(=O)OC23C2OOC(C)(CC[C@@H]13)O2. The predicted octanol–water partition coefficient (Wildman–Crippen LogP) is 2.39. The second kappa shape index (κ2) is 3.96. The van der Waals surface area contributed by atoms with Crippen molar-refractivity contribution in [3.63, 3.8) is 0 Å². The molecule has 0 N–H and O–H groups in total. The zero-order valence-electron chi connectivity index (χ0n) is 12.3. The van der Waals surface area contributed by atoms with Crippen LogP contribution in [-0.2, 0) is 24.0 Å². The number of carbonyl (C=O) groups is 1. The summed E-state index contributed by atoms with van der Waals surface area (Å²) in [6, 6.07) is 0. The van der Waals surface area contributed by atoms with E-state index in [1.165, 1.54) is 0 Å². The summed E-state index contributed by atoms with van der Waals surface area (Å²) in [5.41, 5.74) is -0.650. The summed E-state index contributed by atoms with van der Waals surface area (Å²) in [7, 11) is 0. The zero-order chi connectivity index (χ0) is 14.1. The second-order valence-corrected chi connectivity index (χ2v) is 7.13. The van der Waals surface area contributed by atoms with Crippen LogP contribution < -0.4 is 0 Å². The molecule has 5 nitrogen and oxygen atoms in total. The van der Waals surface area contributed by atoms with Gasteiger partial charge in [0.1, 0.15) is 0 Å². The lowest BCUT2D eigenvalue weighted by Gasteiger charge is -2.48. The van der Waals surface area contributed by atoms with E-state index in [1.807, 2.05) is 13.8 Å². The van der Waals surface area contributed by atoms with Crippen LogP contribution in [0.1, 0.15) is 46.5 Å². The van der Waals surface area contributed by atoms with Crippen LogP contribution in [0.25, 0.3) is 0 Å². The number of fused-ring (bicyclic) bond motifs is 2. The van der Waals surface area contributed by atoms with Crippen molar-refractivity contribution in [3.8, 4) is 0 Å². The molecular formula is C15H22O5. The fourth-order valence-electron chi connectivity index (χ4n) is 4.82. The molecule has 4 fully saturated rings. The minimum absolute atomic E-state index is 0.0813. The van der Waals surface area contributed by atoms with E-state index in [0.29, 0.717) is 11.8 Å². The largest absolute Gasteiger partial charge is 0.453 e. The number of carbonyl (C=O) groups excluding carboxylic acids is 1. The van der Waals surface area contributed by atoms with Crippen molar-refractivity contribution in [2.45, 2.75) is 64.1 Å². The van der Waals surface area contributed by atoms with Gasteiger partial charge in [-0.15, -0.1) is 0 Å². The Kier molecular flexibility index (Phi) is 2.58. The molecule has 1 aliphatic carbocycles. The van der Waals surface area contributed by atoms with Gasteiger partial charge in [0.2, 0.25) is 12.1 Å². The van der Waals surface area contributed by atoms with Gasteiger partial charge < -0.3 is 9.47 Å². The molecule has 2 bridgehead atoms. The summed E-state index contributed by atoms with van der Waals surface area (Å²) < 4.78 is 11.9. The highest BCUT2D eigenvalue weighted by Crippen LogP contribution is 2.59. The maximum atomic E-state index is 12.2. The Morgan fingerprint density at radius 1 is 1.15 bits per heavy atom. The first-order valence-corrected chi connectivity index (χ1v) is 7.71. The molecule has 3 heterocycles. The van der Waals surface area contributed by atoms with Gasteiger partial charge in [-0.25, -0.2) is 0 Å². The summed E-state index contributed by atoms with van der Waals surface area (Å²) in [4.78, 5) is 23.1. The fourth-order valence-corrected chi connectivity index (χ4v) is 4.82. The van der Waals surface area contributed by atoms with E-state index in [2.05, 4.69) is 6.92 Å². The van der Waals surface area contributed by atoms with E-state index < -0.39 is 17.7 Å². The Morgan fingerprint density at radius 2 is 1.95 bits per heavy atom. The Morgan fingerprint density at radius 3 is 2.75 bits per heavy atom. The molecule has 3 aliphatic heterocycles. The first kappa shape index (κ1) is 13.0. The molecule has 0 amide bonds. The standard InChI is InChI=1S/C15H22O5/c1-8-4-5-11-9(2)12(16)17-15(11)10(8)6-7-14(3)18-13(15)19-20-14/h8-11,13H,4-7H2,1-3H3/t8-,9-,10+,11+,13?,14?,15?/m1/s1. The van der Waals surface area contributed by atoms with Crippen LogP contribution >= 0.6 is 0 Å². The molecule has 3 unspecified atom stereocenters. The quantitative estimate of drug-likeness (QED) is 0.504. The lowest BCUT2D eigenvalue weighted by atomic mass is 9.60.